The van der Waals surface area contributed by atoms with Crippen molar-refractivity contribution in [1.29, 1.82) is 0 Å². The second-order valence-corrected chi connectivity index (χ2v) is 10.4. The number of rotatable bonds is 5. The fraction of sp³-hybridized carbons (Fsp3) is 0.375. The van der Waals surface area contributed by atoms with Crippen molar-refractivity contribution in [1.82, 2.24) is 9.29 Å². The Morgan fingerprint density at radius 1 is 1.06 bits per heavy atom. The van der Waals surface area contributed by atoms with Gasteiger partial charge in [0.05, 0.1) is 18.1 Å². The minimum Gasteiger partial charge on any atom is -0.443 e. The van der Waals surface area contributed by atoms with E-state index in [0.717, 1.165) is 34.6 Å². The van der Waals surface area contributed by atoms with Crippen LogP contribution in [0.4, 0.5) is 0 Å². The molecule has 7 heteroatoms. The molecular weight excluding hydrogens is 412 g/mol. The molecule has 3 aromatic rings. The van der Waals surface area contributed by atoms with E-state index in [1.165, 1.54) is 0 Å². The molecule has 0 unspecified atom stereocenters. The van der Waals surface area contributed by atoms with Crippen molar-refractivity contribution in [3.63, 3.8) is 0 Å². The SMILES string of the molecule is CC(C)c1oc([C@@H]2CCCN2S(=O)(=O)c2ccc3c(c2)COC3)nc1-c1ccccc1. The van der Waals surface area contributed by atoms with E-state index in [4.69, 9.17) is 14.1 Å². The molecule has 2 aliphatic rings. The average Bonchev–Trinajstić information content (AvgIpc) is 3.52. The molecule has 1 aromatic heterocycles. The molecule has 0 radical (unpaired) electrons. The Morgan fingerprint density at radius 2 is 1.84 bits per heavy atom. The summed E-state index contributed by atoms with van der Waals surface area (Å²) in [7, 11) is -3.67. The number of nitrogens with zero attached hydrogens (tertiary/aromatic N) is 2. The van der Waals surface area contributed by atoms with Gasteiger partial charge in [0.15, 0.2) is 0 Å². The summed E-state index contributed by atoms with van der Waals surface area (Å²) < 4.78 is 40.3. The Hall–Kier alpha value is -2.48. The van der Waals surface area contributed by atoms with Crippen LogP contribution in [-0.2, 0) is 28.0 Å². The fourth-order valence-corrected chi connectivity index (χ4v) is 6.11. The first-order valence-corrected chi connectivity index (χ1v) is 12.2. The van der Waals surface area contributed by atoms with Crippen LogP contribution < -0.4 is 0 Å². The molecule has 2 aromatic carbocycles. The highest BCUT2D eigenvalue weighted by atomic mass is 32.2. The van der Waals surface area contributed by atoms with Crippen LogP contribution in [0.1, 0.15) is 61.4 Å². The van der Waals surface area contributed by atoms with Gasteiger partial charge in [0, 0.05) is 18.0 Å². The Labute approximate surface area is 182 Å². The fourth-order valence-electron chi connectivity index (χ4n) is 4.40. The van der Waals surface area contributed by atoms with Crippen LogP contribution in [0, 0.1) is 0 Å². The van der Waals surface area contributed by atoms with E-state index in [-0.39, 0.29) is 5.92 Å². The molecule has 2 aliphatic heterocycles. The van der Waals surface area contributed by atoms with Gasteiger partial charge in [-0.2, -0.15) is 4.31 Å². The smallest absolute Gasteiger partial charge is 0.243 e. The van der Waals surface area contributed by atoms with Crippen molar-refractivity contribution >= 4 is 10.0 Å². The number of sulfonamides is 1. The molecule has 6 nitrogen and oxygen atoms in total. The molecule has 0 amide bonds. The van der Waals surface area contributed by atoms with Crippen LogP contribution in [0.5, 0.6) is 0 Å². The van der Waals surface area contributed by atoms with Gasteiger partial charge in [-0.3, -0.25) is 0 Å². The summed E-state index contributed by atoms with van der Waals surface area (Å²) >= 11 is 0. The van der Waals surface area contributed by atoms with Gasteiger partial charge in [-0.25, -0.2) is 13.4 Å². The summed E-state index contributed by atoms with van der Waals surface area (Å²) in [5.41, 5.74) is 3.77. The largest absolute Gasteiger partial charge is 0.443 e. The van der Waals surface area contributed by atoms with Crippen molar-refractivity contribution in [2.45, 2.75) is 56.8 Å². The standard InChI is InChI=1S/C24H26N2O4S/c1-16(2)23-22(17-7-4-3-5-8-17)25-24(30-23)21-9-6-12-26(21)31(27,28)20-11-10-18-14-29-15-19(18)13-20/h3-5,7-8,10-11,13,16,21H,6,9,12,14-15H2,1-2H3/t21-/m0/s1. The molecular formula is C24H26N2O4S. The lowest BCUT2D eigenvalue weighted by molar-refractivity contribution is 0.134. The van der Waals surface area contributed by atoms with Gasteiger partial charge in [0.2, 0.25) is 15.9 Å². The summed E-state index contributed by atoms with van der Waals surface area (Å²) in [5, 5.41) is 0. The summed E-state index contributed by atoms with van der Waals surface area (Å²) in [6.07, 6.45) is 1.47. The minimum atomic E-state index is -3.67. The Kier molecular flexibility index (Phi) is 5.20. The number of hydrogen-bond acceptors (Lipinski definition) is 5. The number of fused-ring (bicyclic) bond motifs is 1. The average molecular weight is 439 g/mol. The van der Waals surface area contributed by atoms with Gasteiger partial charge in [-0.15, -0.1) is 0 Å². The third kappa shape index (κ3) is 3.60. The van der Waals surface area contributed by atoms with Crippen molar-refractivity contribution in [2.75, 3.05) is 6.54 Å². The molecule has 0 bridgehead atoms. The number of hydrogen-bond donors (Lipinski definition) is 0. The molecule has 31 heavy (non-hydrogen) atoms. The zero-order valence-electron chi connectivity index (χ0n) is 17.7. The predicted molar refractivity (Wildman–Crippen MR) is 117 cm³/mol. The Balaban J connectivity index is 1.52. The molecule has 0 saturated carbocycles. The minimum absolute atomic E-state index is 0.139. The van der Waals surface area contributed by atoms with Crippen LogP contribution in [-0.4, -0.2) is 24.3 Å². The van der Waals surface area contributed by atoms with Crippen LogP contribution >= 0.6 is 0 Å². The number of benzene rings is 2. The summed E-state index contributed by atoms with van der Waals surface area (Å²) in [5.74, 6) is 1.41. The maximum absolute atomic E-state index is 13.5. The maximum atomic E-state index is 13.5. The summed E-state index contributed by atoms with van der Waals surface area (Å²) in [6.45, 7) is 5.58. The second-order valence-electron chi connectivity index (χ2n) is 8.48. The third-order valence-electron chi connectivity index (χ3n) is 6.03. The lowest BCUT2D eigenvalue weighted by atomic mass is 10.0. The third-order valence-corrected chi connectivity index (χ3v) is 7.93. The van der Waals surface area contributed by atoms with Gasteiger partial charge >= 0.3 is 0 Å². The van der Waals surface area contributed by atoms with Gasteiger partial charge in [-0.1, -0.05) is 50.2 Å². The first kappa shape index (κ1) is 20.4. The van der Waals surface area contributed by atoms with E-state index in [1.807, 2.05) is 36.4 Å². The molecule has 1 fully saturated rings. The van der Waals surface area contributed by atoms with Crippen molar-refractivity contribution in [3.8, 4) is 11.3 Å². The Bertz CT molecular complexity index is 1200. The van der Waals surface area contributed by atoms with E-state index < -0.39 is 16.1 Å². The van der Waals surface area contributed by atoms with Crippen LogP contribution in [0.15, 0.2) is 57.8 Å². The van der Waals surface area contributed by atoms with Crippen LogP contribution in [0.25, 0.3) is 11.3 Å². The highest BCUT2D eigenvalue weighted by Gasteiger charge is 2.40. The van der Waals surface area contributed by atoms with E-state index in [2.05, 4.69) is 13.8 Å². The van der Waals surface area contributed by atoms with E-state index in [0.29, 0.717) is 37.0 Å². The van der Waals surface area contributed by atoms with Crippen LogP contribution in [0.2, 0.25) is 0 Å². The zero-order valence-corrected chi connectivity index (χ0v) is 18.6. The van der Waals surface area contributed by atoms with Crippen molar-refractivity contribution < 1.29 is 17.6 Å². The highest BCUT2D eigenvalue weighted by Crippen LogP contribution is 2.40. The predicted octanol–water partition coefficient (Wildman–Crippen LogP) is 5.02. The highest BCUT2D eigenvalue weighted by molar-refractivity contribution is 7.89. The topological polar surface area (TPSA) is 72.6 Å². The normalized spacial score (nSPS) is 19.3. The summed E-state index contributed by atoms with van der Waals surface area (Å²) in [4.78, 5) is 5.11. The van der Waals surface area contributed by atoms with Crippen LogP contribution in [0.3, 0.4) is 0 Å². The first-order valence-electron chi connectivity index (χ1n) is 10.7. The molecule has 5 rings (SSSR count). The monoisotopic (exact) mass is 438 g/mol. The van der Waals surface area contributed by atoms with Gasteiger partial charge in [0.25, 0.3) is 0 Å². The molecule has 1 atom stereocenters. The molecule has 1 saturated heterocycles. The lowest BCUT2D eigenvalue weighted by Gasteiger charge is -2.22. The van der Waals surface area contributed by atoms with Crippen molar-refractivity contribution in [3.05, 3.63) is 71.3 Å². The zero-order chi connectivity index (χ0) is 21.6. The van der Waals surface area contributed by atoms with Gasteiger partial charge < -0.3 is 9.15 Å². The first-order chi connectivity index (χ1) is 14.9. The number of aromatic nitrogens is 1. The lowest BCUT2D eigenvalue weighted by Crippen LogP contribution is -2.31. The van der Waals surface area contributed by atoms with E-state index in [9.17, 15) is 8.42 Å². The molecule has 0 spiro atoms. The number of oxazole rings is 1. The van der Waals surface area contributed by atoms with E-state index >= 15 is 0 Å². The molecule has 162 valence electrons. The molecule has 3 heterocycles. The van der Waals surface area contributed by atoms with Crippen molar-refractivity contribution in [2.24, 2.45) is 0 Å². The maximum Gasteiger partial charge on any atom is 0.243 e. The quantitative estimate of drug-likeness (QED) is 0.559. The van der Waals surface area contributed by atoms with E-state index in [1.54, 1.807) is 16.4 Å². The van der Waals surface area contributed by atoms with Gasteiger partial charge in [-0.05, 0) is 36.1 Å². The molecule has 0 N–H and O–H groups in total. The Morgan fingerprint density at radius 3 is 2.61 bits per heavy atom. The summed E-state index contributed by atoms with van der Waals surface area (Å²) in [6, 6.07) is 14.8. The van der Waals surface area contributed by atoms with Gasteiger partial charge in [0.1, 0.15) is 17.5 Å². The molecule has 0 aliphatic carbocycles. The second kappa shape index (κ2) is 7.89. The number of ether oxygens (including phenoxy) is 1.